The van der Waals surface area contributed by atoms with Gasteiger partial charge in [-0.3, -0.25) is 8.98 Å². The van der Waals surface area contributed by atoms with Crippen LogP contribution in [0.15, 0.2) is 0 Å². The maximum Gasteiger partial charge on any atom is 0.355 e. The summed E-state index contributed by atoms with van der Waals surface area (Å²) in [5.41, 5.74) is -0.669. The third-order valence-corrected chi connectivity index (χ3v) is 3.13. The van der Waals surface area contributed by atoms with Crippen LogP contribution in [0.3, 0.4) is 0 Å². The van der Waals surface area contributed by atoms with Crippen molar-refractivity contribution in [1.29, 1.82) is 0 Å². The molecule has 0 fully saturated rings. The molecule has 0 atom stereocenters. The van der Waals surface area contributed by atoms with Crippen molar-refractivity contribution in [1.82, 2.24) is 0 Å². The van der Waals surface area contributed by atoms with Gasteiger partial charge in [0, 0.05) is 17.1 Å². The fourth-order valence-electron chi connectivity index (χ4n) is 2.01. The highest BCUT2D eigenvalue weighted by Crippen LogP contribution is 2.34. The molecule has 0 aromatic heterocycles. The quantitative estimate of drug-likeness (QED) is 0.509. The van der Waals surface area contributed by atoms with Crippen LogP contribution < -0.4 is 0 Å². The van der Waals surface area contributed by atoms with Gasteiger partial charge in [0.15, 0.2) is 0 Å². The minimum absolute atomic E-state index is 0.00993. The number of ether oxygens (including phenoxy) is 1. The molecule has 0 radical (unpaired) electrons. The monoisotopic (exact) mass is 314 g/mol. The lowest BCUT2D eigenvalue weighted by atomic mass is 9.76. The summed E-state index contributed by atoms with van der Waals surface area (Å²) in [6, 6.07) is 0. The van der Waals surface area contributed by atoms with Gasteiger partial charge in [-0.15, -0.1) is 0 Å². The Balaban J connectivity index is 4.41. The lowest BCUT2D eigenvalue weighted by molar-refractivity contribution is -0.147. The number of halogens is 1. The smallest absolute Gasteiger partial charge is 0.355 e. The zero-order chi connectivity index (χ0) is 15.3. The summed E-state index contributed by atoms with van der Waals surface area (Å²) in [6.07, 6.45) is 0.969. The van der Waals surface area contributed by atoms with E-state index in [-0.39, 0.29) is 24.6 Å². The van der Waals surface area contributed by atoms with E-state index in [0.717, 1.165) is 0 Å². The molecule has 0 aliphatic carbocycles. The third kappa shape index (κ3) is 10.2. The fourth-order valence-corrected chi connectivity index (χ4v) is 2.60. The summed E-state index contributed by atoms with van der Waals surface area (Å²) >= 11 is 0. The lowest BCUT2D eigenvalue weighted by Gasteiger charge is -2.33. The number of esters is 1. The average molecular weight is 315 g/mol. The van der Waals surface area contributed by atoms with Gasteiger partial charge in [0.25, 0.3) is 0 Å². The van der Waals surface area contributed by atoms with Crippen LogP contribution in [-0.4, -0.2) is 27.6 Å². The summed E-state index contributed by atoms with van der Waals surface area (Å²) in [6.45, 7) is 9.66. The Kier molecular flexibility index (Phi) is 6.78. The van der Waals surface area contributed by atoms with E-state index in [9.17, 15) is 13.2 Å². The average Bonchev–Trinajstić information content (AvgIpc) is 2.21. The second kappa shape index (κ2) is 6.90. The molecular formula is C12H23ClO5S. The molecule has 0 spiro atoms. The largest absolute Gasteiger partial charge is 0.465 e. The van der Waals surface area contributed by atoms with Gasteiger partial charge in [-0.05, 0) is 17.3 Å². The minimum atomic E-state index is -3.96. The Labute approximate surface area is 120 Å². The van der Waals surface area contributed by atoms with Crippen molar-refractivity contribution in [3.8, 4) is 0 Å². The van der Waals surface area contributed by atoms with Crippen LogP contribution >= 0.6 is 10.7 Å². The molecule has 5 nitrogen and oxygen atoms in total. The second-order valence-corrected chi connectivity index (χ2v) is 8.33. The van der Waals surface area contributed by atoms with E-state index in [1.165, 1.54) is 0 Å². The summed E-state index contributed by atoms with van der Waals surface area (Å²) in [5, 5.41) is 0. The van der Waals surface area contributed by atoms with Crippen molar-refractivity contribution in [3.05, 3.63) is 0 Å². The molecule has 0 saturated carbocycles. The predicted molar refractivity (Wildman–Crippen MR) is 74.2 cm³/mol. The normalized spacial score (nSPS) is 13.4. The van der Waals surface area contributed by atoms with Gasteiger partial charge in [0.2, 0.25) is 0 Å². The first-order chi connectivity index (χ1) is 8.37. The van der Waals surface area contributed by atoms with Crippen LogP contribution in [-0.2, 0) is 23.0 Å². The highest BCUT2D eigenvalue weighted by molar-refractivity contribution is 8.09. The molecule has 0 aliphatic heterocycles. The van der Waals surface area contributed by atoms with E-state index in [4.69, 9.17) is 15.4 Å². The molecule has 0 aromatic rings. The van der Waals surface area contributed by atoms with Crippen molar-refractivity contribution in [2.24, 2.45) is 10.8 Å². The number of hydrogen-bond acceptors (Lipinski definition) is 5. The molecule has 0 aliphatic rings. The highest BCUT2D eigenvalue weighted by Gasteiger charge is 2.31. The second-order valence-electron chi connectivity index (χ2n) is 6.17. The fraction of sp³-hybridized carbons (Fsp3) is 0.917. The first-order valence-electron chi connectivity index (χ1n) is 6.11. The molecule has 19 heavy (non-hydrogen) atoms. The first kappa shape index (κ1) is 18.7. The van der Waals surface area contributed by atoms with Crippen molar-refractivity contribution < 1.29 is 22.1 Å². The first-order valence-corrected chi connectivity index (χ1v) is 8.35. The van der Waals surface area contributed by atoms with Crippen LogP contribution in [0.25, 0.3) is 0 Å². The standard InChI is InChI=1S/C12H23ClO5S/c1-6-10(14)17-8-11(2,3)7-12(4,5)9-18-19(13,15)16/h6-9H2,1-5H3. The van der Waals surface area contributed by atoms with E-state index < -0.39 is 14.7 Å². The van der Waals surface area contributed by atoms with E-state index in [1.807, 2.05) is 27.7 Å². The molecule has 0 unspecified atom stereocenters. The zero-order valence-electron chi connectivity index (χ0n) is 12.2. The van der Waals surface area contributed by atoms with E-state index >= 15 is 0 Å². The highest BCUT2D eigenvalue weighted by atomic mass is 35.7. The Bertz CT molecular complexity index is 400. The Hall–Kier alpha value is -0.330. The Morgan fingerprint density at radius 3 is 2.00 bits per heavy atom. The third-order valence-electron chi connectivity index (χ3n) is 2.46. The van der Waals surface area contributed by atoms with E-state index in [2.05, 4.69) is 4.18 Å². The molecule has 7 heteroatoms. The topological polar surface area (TPSA) is 69.7 Å². The maximum atomic E-state index is 11.1. The van der Waals surface area contributed by atoms with Gasteiger partial charge in [-0.25, -0.2) is 0 Å². The van der Waals surface area contributed by atoms with Crippen LogP contribution in [0.5, 0.6) is 0 Å². The Morgan fingerprint density at radius 2 is 1.58 bits per heavy atom. The van der Waals surface area contributed by atoms with Crippen molar-refractivity contribution in [2.75, 3.05) is 13.2 Å². The molecule has 0 saturated heterocycles. The lowest BCUT2D eigenvalue weighted by Crippen LogP contribution is -2.31. The molecule has 0 amide bonds. The van der Waals surface area contributed by atoms with Gasteiger partial charge < -0.3 is 4.74 Å². The van der Waals surface area contributed by atoms with Gasteiger partial charge in [0.1, 0.15) is 0 Å². The summed E-state index contributed by atoms with van der Waals surface area (Å²) in [5.74, 6) is -0.245. The number of carbonyl (C=O) groups is 1. The van der Waals surface area contributed by atoms with Crippen LogP contribution in [0.1, 0.15) is 47.5 Å². The number of rotatable bonds is 8. The molecule has 0 heterocycles. The summed E-state index contributed by atoms with van der Waals surface area (Å²) in [4.78, 5) is 11.1. The predicted octanol–water partition coefficient (Wildman–Crippen LogP) is 2.88. The number of hydrogen-bond donors (Lipinski definition) is 0. The maximum absolute atomic E-state index is 11.1. The van der Waals surface area contributed by atoms with Crippen molar-refractivity contribution in [3.63, 3.8) is 0 Å². The number of carbonyl (C=O) groups excluding carboxylic acids is 1. The molecule has 0 aromatic carbocycles. The SMILES string of the molecule is CCC(=O)OCC(C)(C)CC(C)(C)COS(=O)(=O)Cl. The summed E-state index contributed by atoms with van der Waals surface area (Å²) < 4.78 is 31.3. The van der Waals surface area contributed by atoms with Gasteiger partial charge >= 0.3 is 15.3 Å². The zero-order valence-corrected chi connectivity index (χ0v) is 13.7. The molecule has 0 N–H and O–H groups in total. The van der Waals surface area contributed by atoms with Crippen molar-refractivity contribution in [2.45, 2.75) is 47.5 Å². The van der Waals surface area contributed by atoms with Crippen LogP contribution in [0, 0.1) is 10.8 Å². The molecule has 114 valence electrons. The summed E-state index contributed by atoms with van der Waals surface area (Å²) in [7, 11) is 1.06. The molecule has 0 bridgehead atoms. The van der Waals surface area contributed by atoms with Gasteiger partial charge in [-0.2, -0.15) is 8.42 Å². The van der Waals surface area contributed by atoms with Crippen molar-refractivity contribution >= 4 is 26.0 Å². The van der Waals surface area contributed by atoms with Gasteiger partial charge in [0.05, 0.1) is 13.2 Å². The van der Waals surface area contributed by atoms with Gasteiger partial charge in [-0.1, -0.05) is 34.6 Å². The van der Waals surface area contributed by atoms with E-state index in [0.29, 0.717) is 12.8 Å². The minimum Gasteiger partial charge on any atom is -0.465 e. The molecular weight excluding hydrogens is 292 g/mol. The van der Waals surface area contributed by atoms with Crippen LogP contribution in [0.4, 0.5) is 0 Å². The molecule has 0 rings (SSSR count). The van der Waals surface area contributed by atoms with E-state index in [1.54, 1.807) is 6.92 Å². The Morgan fingerprint density at radius 1 is 1.11 bits per heavy atom. The van der Waals surface area contributed by atoms with Crippen LogP contribution in [0.2, 0.25) is 0 Å².